The lowest BCUT2D eigenvalue weighted by Gasteiger charge is -2.08. The molecular weight excluding hydrogens is 452 g/mol. The lowest BCUT2D eigenvalue weighted by atomic mass is 10.1. The summed E-state index contributed by atoms with van der Waals surface area (Å²) in [4.78, 5) is 18.4. The number of carbonyl (C=O) groups excluding carboxylic acids is 1. The van der Waals surface area contributed by atoms with Crippen LogP contribution in [0.3, 0.4) is 0 Å². The minimum absolute atomic E-state index is 0.0175. The van der Waals surface area contributed by atoms with Crippen LogP contribution < -0.4 is 10.1 Å². The zero-order valence-electron chi connectivity index (χ0n) is 19.5. The van der Waals surface area contributed by atoms with Gasteiger partial charge in [-0.2, -0.15) is 0 Å². The largest absolute Gasteiger partial charge is 0.494 e. The summed E-state index contributed by atoms with van der Waals surface area (Å²) >= 11 is 1.69. The summed E-state index contributed by atoms with van der Waals surface area (Å²) in [6, 6.07) is 32.3. The highest BCUT2D eigenvalue weighted by Crippen LogP contribution is 2.33. The van der Waals surface area contributed by atoms with E-state index in [4.69, 9.17) is 9.72 Å². The number of thiazole rings is 1. The summed E-state index contributed by atoms with van der Waals surface area (Å²) in [5.41, 5.74) is 3.94. The molecule has 0 radical (unpaired) electrons. The second kappa shape index (κ2) is 10.5. The van der Waals surface area contributed by atoms with Crippen molar-refractivity contribution in [2.24, 2.45) is 0 Å². The summed E-state index contributed by atoms with van der Waals surface area (Å²) < 4.78 is 5.84. The van der Waals surface area contributed by atoms with Gasteiger partial charge in [0.15, 0.2) is 0 Å². The summed E-state index contributed by atoms with van der Waals surface area (Å²) in [6.45, 7) is 2.59. The molecule has 5 aromatic rings. The van der Waals surface area contributed by atoms with Gasteiger partial charge < -0.3 is 10.1 Å². The maximum atomic E-state index is 12.4. The van der Waals surface area contributed by atoms with Gasteiger partial charge in [0.2, 0.25) is 5.91 Å². The molecule has 0 unspecified atom stereocenters. The number of aromatic nitrogens is 1. The Hall–Kier alpha value is -3.96. The molecule has 0 aliphatic heterocycles. The van der Waals surface area contributed by atoms with Crippen molar-refractivity contribution < 1.29 is 9.53 Å². The summed E-state index contributed by atoms with van der Waals surface area (Å²) in [6.07, 6.45) is 1.05. The molecule has 1 aromatic heterocycles. The molecule has 0 saturated heterocycles. The molecule has 174 valence electrons. The number of aryl methyl sites for hydroxylation is 1. The van der Waals surface area contributed by atoms with Crippen molar-refractivity contribution >= 4 is 33.7 Å². The lowest BCUT2D eigenvalue weighted by Crippen LogP contribution is -2.12. The maximum Gasteiger partial charge on any atom is 0.224 e. The molecule has 1 N–H and O–H groups in total. The molecule has 4 aromatic carbocycles. The van der Waals surface area contributed by atoms with E-state index in [1.54, 1.807) is 11.3 Å². The van der Waals surface area contributed by atoms with Crippen molar-refractivity contribution in [1.82, 2.24) is 4.98 Å². The molecule has 0 bridgehead atoms. The fourth-order valence-electron chi connectivity index (χ4n) is 3.98. The van der Waals surface area contributed by atoms with Crippen LogP contribution in [0.2, 0.25) is 0 Å². The number of fused-ring (bicyclic) bond motifs is 1. The third kappa shape index (κ3) is 5.58. The number of hydrogen-bond donors (Lipinski definition) is 1. The predicted octanol–water partition coefficient (Wildman–Crippen LogP) is 7.74. The normalized spacial score (nSPS) is 10.9. The molecule has 1 heterocycles. The van der Waals surface area contributed by atoms with Crippen LogP contribution in [0.4, 0.5) is 5.69 Å². The Bertz CT molecular complexity index is 1440. The maximum absolute atomic E-state index is 12.4. The first-order chi connectivity index (χ1) is 17.2. The molecule has 0 fully saturated rings. The molecule has 0 atom stereocenters. The summed E-state index contributed by atoms with van der Waals surface area (Å²) in [5.74, 6) is 0.809. The Morgan fingerprint density at radius 1 is 0.857 bits per heavy atom. The summed E-state index contributed by atoms with van der Waals surface area (Å²) in [7, 11) is 0. The van der Waals surface area contributed by atoms with Crippen LogP contribution >= 0.6 is 11.3 Å². The number of anilines is 1. The number of benzene rings is 4. The van der Waals surface area contributed by atoms with Gasteiger partial charge in [0.25, 0.3) is 0 Å². The van der Waals surface area contributed by atoms with E-state index < -0.39 is 0 Å². The number of hydrogen-bond acceptors (Lipinski definition) is 4. The van der Waals surface area contributed by atoms with Gasteiger partial charge in [-0.1, -0.05) is 72.8 Å². The monoisotopic (exact) mass is 478 g/mol. The standard InChI is InChI=1S/C30H26N2O2S/c1-21-29(32-30(35-21)24-9-3-2-4-10-24)23-13-16-26(17-14-23)31-28(33)12-7-19-34-27-18-15-22-8-5-6-11-25(22)20-27/h2-6,8-11,13-18,20H,7,12,19H2,1H3,(H,31,33). The second-order valence-electron chi connectivity index (χ2n) is 8.38. The van der Waals surface area contributed by atoms with Crippen molar-refractivity contribution in [3.05, 3.63) is 102 Å². The molecule has 0 saturated carbocycles. The van der Waals surface area contributed by atoms with Crippen LogP contribution in [0.1, 0.15) is 17.7 Å². The van der Waals surface area contributed by atoms with Gasteiger partial charge in [0.1, 0.15) is 10.8 Å². The van der Waals surface area contributed by atoms with Gasteiger partial charge in [0, 0.05) is 28.1 Å². The average Bonchev–Trinajstić information content (AvgIpc) is 3.29. The Balaban J connectivity index is 1.12. The molecule has 35 heavy (non-hydrogen) atoms. The second-order valence-corrected chi connectivity index (χ2v) is 9.58. The highest BCUT2D eigenvalue weighted by molar-refractivity contribution is 7.15. The number of nitrogens with zero attached hydrogens (tertiary/aromatic N) is 1. The average molecular weight is 479 g/mol. The van der Waals surface area contributed by atoms with Gasteiger partial charge >= 0.3 is 0 Å². The van der Waals surface area contributed by atoms with Crippen LogP contribution in [0.15, 0.2) is 97.1 Å². The van der Waals surface area contributed by atoms with Crippen LogP contribution in [0, 0.1) is 6.92 Å². The topological polar surface area (TPSA) is 51.2 Å². The van der Waals surface area contributed by atoms with Crippen molar-refractivity contribution in [3.8, 4) is 27.6 Å². The third-order valence-corrected chi connectivity index (χ3v) is 6.82. The van der Waals surface area contributed by atoms with Gasteiger partial charge in [-0.25, -0.2) is 4.98 Å². The molecular formula is C30H26N2O2S. The Labute approximate surface area is 209 Å². The number of carbonyl (C=O) groups is 1. The first kappa shape index (κ1) is 22.8. The Morgan fingerprint density at radius 3 is 2.40 bits per heavy atom. The minimum Gasteiger partial charge on any atom is -0.494 e. The smallest absolute Gasteiger partial charge is 0.224 e. The van der Waals surface area contributed by atoms with Crippen molar-refractivity contribution in [2.75, 3.05) is 11.9 Å². The van der Waals surface area contributed by atoms with Crippen LogP contribution in [0.5, 0.6) is 5.75 Å². The lowest BCUT2D eigenvalue weighted by molar-refractivity contribution is -0.116. The zero-order chi connectivity index (χ0) is 24.0. The van der Waals surface area contributed by atoms with Gasteiger partial charge in [0.05, 0.1) is 12.3 Å². The van der Waals surface area contributed by atoms with Crippen LogP contribution in [-0.2, 0) is 4.79 Å². The van der Waals surface area contributed by atoms with Gasteiger partial charge in [-0.05, 0) is 48.4 Å². The zero-order valence-corrected chi connectivity index (χ0v) is 20.3. The number of ether oxygens (including phenoxy) is 1. The Kier molecular flexibility index (Phi) is 6.87. The van der Waals surface area contributed by atoms with E-state index in [1.165, 1.54) is 10.3 Å². The van der Waals surface area contributed by atoms with E-state index in [1.807, 2.05) is 66.7 Å². The molecule has 0 spiro atoms. The highest BCUT2D eigenvalue weighted by atomic mass is 32.1. The third-order valence-electron chi connectivity index (χ3n) is 5.80. The van der Waals surface area contributed by atoms with E-state index in [-0.39, 0.29) is 5.91 Å². The number of nitrogens with one attached hydrogen (secondary N) is 1. The molecule has 5 heteroatoms. The molecule has 4 nitrogen and oxygen atoms in total. The summed E-state index contributed by atoms with van der Waals surface area (Å²) in [5, 5.41) is 6.33. The van der Waals surface area contributed by atoms with E-state index in [9.17, 15) is 4.79 Å². The molecule has 0 aliphatic carbocycles. The predicted molar refractivity (Wildman–Crippen MR) is 145 cm³/mol. The first-order valence-corrected chi connectivity index (χ1v) is 12.5. The van der Waals surface area contributed by atoms with Crippen molar-refractivity contribution in [1.29, 1.82) is 0 Å². The van der Waals surface area contributed by atoms with E-state index in [2.05, 4.69) is 42.6 Å². The number of amides is 1. The first-order valence-electron chi connectivity index (χ1n) is 11.7. The van der Waals surface area contributed by atoms with Gasteiger partial charge in [-0.3, -0.25) is 4.79 Å². The van der Waals surface area contributed by atoms with E-state index in [0.29, 0.717) is 19.4 Å². The Morgan fingerprint density at radius 2 is 1.60 bits per heavy atom. The SMILES string of the molecule is Cc1sc(-c2ccccc2)nc1-c1ccc(NC(=O)CCCOc2ccc3ccccc3c2)cc1. The van der Waals surface area contributed by atoms with Crippen molar-refractivity contribution in [2.45, 2.75) is 19.8 Å². The quantitative estimate of drug-likeness (QED) is 0.232. The van der Waals surface area contributed by atoms with Crippen LogP contribution in [-0.4, -0.2) is 17.5 Å². The number of rotatable bonds is 8. The highest BCUT2D eigenvalue weighted by Gasteiger charge is 2.11. The molecule has 1 amide bonds. The van der Waals surface area contributed by atoms with Crippen LogP contribution in [0.25, 0.3) is 32.6 Å². The van der Waals surface area contributed by atoms with Gasteiger partial charge in [-0.15, -0.1) is 11.3 Å². The minimum atomic E-state index is -0.0175. The molecule has 5 rings (SSSR count). The fraction of sp³-hybridized carbons (Fsp3) is 0.133. The van der Waals surface area contributed by atoms with E-state index in [0.717, 1.165) is 38.7 Å². The van der Waals surface area contributed by atoms with E-state index >= 15 is 0 Å². The fourth-order valence-corrected chi connectivity index (χ4v) is 4.92. The molecule has 0 aliphatic rings. The van der Waals surface area contributed by atoms with Crippen molar-refractivity contribution in [3.63, 3.8) is 0 Å².